The second kappa shape index (κ2) is 8.13. The van der Waals surface area contributed by atoms with Crippen molar-refractivity contribution in [3.8, 4) is 0 Å². The minimum Gasteiger partial charge on any atom is -0.381 e. The Labute approximate surface area is 149 Å². The summed E-state index contributed by atoms with van der Waals surface area (Å²) in [7, 11) is 0. The Kier molecular flexibility index (Phi) is 5.46. The third-order valence-electron chi connectivity index (χ3n) is 5.12. The summed E-state index contributed by atoms with van der Waals surface area (Å²) >= 11 is 0. The molecule has 0 radical (unpaired) electrons. The molecule has 0 saturated heterocycles. The summed E-state index contributed by atoms with van der Waals surface area (Å²) in [5.41, 5.74) is 5.58. The van der Waals surface area contributed by atoms with Crippen LogP contribution in [0.5, 0.6) is 0 Å². The van der Waals surface area contributed by atoms with E-state index in [-0.39, 0.29) is 0 Å². The first-order valence-electron chi connectivity index (χ1n) is 9.38. The highest BCUT2D eigenvalue weighted by atomic mass is 16.5. The van der Waals surface area contributed by atoms with Crippen molar-refractivity contribution in [1.82, 2.24) is 0 Å². The molecule has 0 amide bonds. The molecule has 3 nitrogen and oxygen atoms in total. The van der Waals surface area contributed by atoms with Gasteiger partial charge in [0.15, 0.2) is 0 Å². The van der Waals surface area contributed by atoms with Crippen LogP contribution in [0.4, 0.5) is 0 Å². The Bertz CT molecular complexity index is 638. The lowest BCUT2D eigenvalue weighted by atomic mass is 9.85. The maximum Gasteiger partial charge on any atom is 0.0868 e. The van der Waals surface area contributed by atoms with E-state index < -0.39 is 0 Å². The van der Waals surface area contributed by atoms with Gasteiger partial charge in [-0.1, -0.05) is 48.5 Å². The molecule has 25 heavy (non-hydrogen) atoms. The molecule has 2 aromatic rings. The van der Waals surface area contributed by atoms with Gasteiger partial charge in [0.05, 0.1) is 12.2 Å². The van der Waals surface area contributed by atoms with Crippen molar-refractivity contribution in [3.05, 3.63) is 70.8 Å². The van der Waals surface area contributed by atoms with Crippen molar-refractivity contribution in [2.75, 3.05) is 26.4 Å². The van der Waals surface area contributed by atoms with Gasteiger partial charge in [0.25, 0.3) is 0 Å². The minimum absolute atomic E-state index is 0.301. The predicted molar refractivity (Wildman–Crippen MR) is 97.7 cm³/mol. The number of rotatable bonds is 10. The molecule has 2 aliphatic rings. The zero-order valence-electron chi connectivity index (χ0n) is 14.7. The van der Waals surface area contributed by atoms with Crippen LogP contribution < -0.4 is 0 Å². The van der Waals surface area contributed by atoms with Crippen molar-refractivity contribution in [2.45, 2.75) is 37.9 Å². The quantitative estimate of drug-likeness (QED) is 0.601. The zero-order valence-corrected chi connectivity index (χ0v) is 14.7. The van der Waals surface area contributed by atoms with E-state index in [0.717, 1.165) is 52.1 Å². The average Bonchev–Trinajstić information content (AvgIpc) is 2.60. The molecule has 0 spiro atoms. The summed E-state index contributed by atoms with van der Waals surface area (Å²) in [5.74, 6) is 0. The molecule has 3 heteroatoms. The summed E-state index contributed by atoms with van der Waals surface area (Å²) in [4.78, 5) is 0. The lowest BCUT2D eigenvalue weighted by Crippen LogP contribution is -2.21. The molecule has 2 atom stereocenters. The molecule has 0 N–H and O–H groups in total. The minimum atomic E-state index is 0.301. The monoisotopic (exact) mass is 338 g/mol. The van der Waals surface area contributed by atoms with Crippen molar-refractivity contribution in [2.24, 2.45) is 0 Å². The molecule has 0 aliphatic heterocycles. The van der Waals surface area contributed by atoms with Gasteiger partial charge in [0.1, 0.15) is 0 Å². The largest absolute Gasteiger partial charge is 0.381 e. The second-order valence-electron chi connectivity index (χ2n) is 6.84. The molecule has 0 heterocycles. The van der Waals surface area contributed by atoms with Gasteiger partial charge in [-0.15, -0.1) is 0 Å². The topological polar surface area (TPSA) is 27.7 Å². The SMILES string of the molecule is c1ccc2c(c1)CC2OCCCOCCCOC1Cc2ccccc21. The summed E-state index contributed by atoms with van der Waals surface area (Å²) in [6, 6.07) is 17.1. The van der Waals surface area contributed by atoms with Crippen LogP contribution in [0.15, 0.2) is 48.5 Å². The van der Waals surface area contributed by atoms with Gasteiger partial charge in [0.2, 0.25) is 0 Å². The van der Waals surface area contributed by atoms with E-state index >= 15 is 0 Å². The molecular formula is C22H26O3. The third-order valence-corrected chi connectivity index (χ3v) is 5.12. The van der Waals surface area contributed by atoms with Crippen LogP contribution in [0.2, 0.25) is 0 Å². The maximum absolute atomic E-state index is 5.91. The molecular weight excluding hydrogens is 312 g/mol. The molecule has 0 fully saturated rings. The van der Waals surface area contributed by atoms with Gasteiger partial charge in [-0.25, -0.2) is 0 Å². The lowest BCUT2D eigenvalue weighted by molar-refractivity contribution is 0.00697. The number of hydrogen-bond acceptors (Lipinski definition) is 3. The standard InChI is InChI=1S/C22H26O3/c1-3-9-19-17(7-1)15-21(19)24-13-5-11-23-12-6-14-25-22-16-18-8-2-4-10-20(18)22/h1-4,7-10,21-22H,5-6,11-16H2. The van der Waals surface area contributed by atoms with Crippen molar-refractivity contribution in [1.29, 1.82) is 0 Å². The highest BCUT2D eigenvalue weighted by Crippen LogP contribution is 2.36. The molecule has 2 unspecified atom stereocenters. The van der Waals surface area contributed by atoms with Crippen molar-refractivity contribution >= 4 is 0 Å². The summed E-state index contributed by atoms with van der Waals surface area (Å²) in [6.45, 7) is 3.07. The average molecular weight is 338 g/mol. The summed E-state index contributed by atoms with van der Waals surface area (Å²) in [5, 5.41) is 0. The van der Waals surface area contributed by atoms with Gasteiger partial charge >= 0.3 is 0 Å². The molecule has 0 aromatic heterocycles. The van der Waals surface area contributed by atoms with Gasteiger partial charge in [-0.2, -0.15) is 0 Å². The molecule has 132 valence electrons. The van der Waals surface area contributed by atoms with Crippen LogP contribution in [0, 0.1) is 0 Å². The molecule has 2 aliphatic carbocycles. The third kappa shape index (κ3) is 3.95. The van der Waals surface area contributed by atoms with Gasteiger partial charge in [0, 0.05) is 39.3 Å². The molecule has 0 saturated carbocycles. The van der Waals surface area contributed by atoms with E-state index in [9.17, 15) is 0 Å². The second-order valence-corrected chi connectivity index (χ2v) is 6.84. The van der Waals surface area contributed by atoms with Crippen molar-refractivity contribution in [3.63, 3.8) is 0 Å². The zero-order chi connectivity index (χ0) is 16.9. The van der Waals surface area contributed by atoms with Crippen LogP contribution in [0.25, 0.3) is 0 Å². The van der Waals surface area contributed by atoms with E-state index in [1.165, 1.54) is 22.3 Å². The first-order chi connectivity index (χ1) is 12.4. The van der Waals surface area contributed by atoms with Crippen LogP contribution in [0.3, 0.4) is 0 Å². The fourth-order valence-electron chi connectivity index (χ4n) is 3.60. The van der Waals surface area contributed by atoms with Gasteiger partial charge in [-0.05, 0) is 35.1 Å². The Balaban J connectivity index is 0.995. The Hall–Kier alpha value is -1.68. The smallest absolute Gasteiger partial charge is 0.0868 e. The number of benzene rings is 2. The van der Waals surface area contributed by atoms with Gasteiger partial charge in [-0.3, -0.25) is 0 Å². The van der Waals surface area contributed by atoms with E-state index in [4.69, 9.17) is 14.2 Å². The van der Waals surface area contributed by atoms with Crippen LogP contribution >= 0.6 is 0 Å². The fourth-order valence-corrected chi connectivity index (χ4v) is 3.60. The van der Waals surface area contributed by atoms with Crippen LogP contribution in [-0.4, -0.2) is 26.4 Å². The van der Waals surface area contributed by atoms with Crippen molar-refractivity contribution < 1.29 is 14.2 Å². The molecule has 4 rings (SSSR count). The highest BCUT2D eigenvalue weighted by Gasteiger charge is 2.26. The molecule has 0 bridgehead atoms. The maximum atomic E-state index is 5.91. The van der Waals surface area contributed by atoms with E-state index in [1.807, 2.05) is 0 Å². The van der Waals surface area contributed by atoms with E-state index in [1.54, 1.807) is 0 Å². The Morgan fingerprint density at radius 1 is 0.640 bits per heavy atom. The number of hydrogen-bond donors (Lipinski definition) is 0. The van der Waals surface area contributed by atoms with Crippen LogP contribution in [0.1, 0.15) is 47.3 Å². The normalized spacial score (nSPS) is 20.3. The Morgan fingerprint density at radius 2 is 1.12 bits per heavy atom. The fraction of sp³-hybridized carbons (Fsp3) is 0.455. The van der Waals surface area contributed by atoms with E-state index in [2.05, 4.69) is 48.5 Å². The molecule has 2 aromatic carbocycles. The predicted octanol–water partition coefficient (Wildman–Crippen LogP) is 4.41. The van der Waals surface area contributed by atoms with Crippen LogP contribution in [-0.2, 0) is 27.1 Å². The summed E-state index contributed by atoms with van der Waals surface area (Å²) < 4.78 is 17.5. The first kappa shape index (κ1) is 16.8. The highest BCUT2D eigenvalue weighted by molar-refractivity contribution is 5.38. The Morgan fingerprint density at radius 3 is 1.60 bits per heavy atom. The summed E-state index contributed by atoms with van der Waals surface area (Å²) in [6.07, 6.45) is 4.62. The first-order valence-corrected chi connectivity index (χ1v) is 9.38. The number of ether oxygens (including phenoxy) is 3. The lowest BCUT2D eigenvalue weighted by Gasteiger charge is -2.30. The van der Waals surface area contributed by atoms with E-state index in [0.29, 0.717) is 12.2 Å². The van der Waals surface area contributed by atoms with Gasteiger partial charge < -0.3 is 14.2 Å². The number of fused-ring (bicyclic) bond motifs is 2.